The lowest BCUT2D eigenvalue weighted by Crippen LogP contribution is -2.06. The number of rotatable bonds is 3. The molecule has 0 saturated carbocycles. The Morgan fingerprint density at radius 3 is 2.27 bits per heavy atom. The molecular weight excluding hydrogens is 258 g/mol. The minimum absolute atomic E-state index is 0.189. The highest BCUT2D eigenvalue weighted by atomic mass is 35.5. The molecule has 0 heterocycles. The summed E-state index contributed by atoms with van der Waals surface area (Å²) < 4.78 is 4.82. The van der Waals surface area contributed by atoms with Gasteiger partial charge in [0.1, 0.15) is 0 Å². The van der Waals surface area contributed by atoms with Crippen molar-refractivity contribution in [3.05, 3.63) is 33.3 Å². The van der Waals surface area contributed by atoms with E-state index < -0.39 is 5.97 Å². The maximum Gasteiger partial charge on any atom is 0.341 e. The first-order valence-corrected chi connectivity index (χ1v) is 5.60. The Labute approximate surface area is 103 Å². The Morgan fingerprint density at radius 2 is 1.87 bits per heavy atom. The molecule has 0 unspecified atom stereocenters. The van der Waals surface area contributed by atoms with Gasteiger partial charge in [0.15, 0.2) is 0 Å². The third kappa shape index (κ3) is 3.00. The standard InChI is InChI=1S/C10H9Cl3O2/c1-2-15-10(14)9-7(12)3-6(5-11)4-8(9)13/h3-4H,2,5H2,1H3. The first-order chi connectivity index (χ1) is 7.10. The van der Waals surface area contributed by atoms with Gasteiger partial charge < -0.3 is 4.74 Å². The monoisotopic (exact) mass is 266 g/mol. The number of ether oxygens (including phenoxy) is 1. The van der Waals surface area contributed by atoms with Gasteiger partial charge >= 0.3 is 5.97 Å². The third-order valence-electron chi connectivity index (χ3n) is 1.74. The highest BCUT2D eigenvalue weighted by Gasteiger charge is 2.16. The average molecular weight is 268 g/mol. The summed E-state index contributed by atoms with van der Waals surface area (Å²) in [6.45, 7) is 2.00. The van der Waals surface area contributed by atoms with E-state index in [1.54, 1.807) is 19.1 Å². The molecule has 0 N–H and O–H groups in total. The summed E-state index contributed by atoms with van der Waals surface area (Å²) >= 11 is 17.4. The Hall–Kier alpha value is -0.440. The van der Waals surface area contributed by atoms with Crippen LogP contribution in [-0.2, 0) is 10.6 Å². The van der Waals surface area contributed by atoms with E-state index in [9.17, 15) is 4.79 Å². The fourth-order valence-electron chi connectivity index (χ4n) is 1.10. The molecule has 0 radical (unpaired) electrons. The van der Waals surface area contributed by atoms with Crippen LogP contribution in [0.3, 0.4) is 0 Å². The summed E-state index contributed by atoms with van der Waals surface area (Å²) in [5.41, 5.74) is 0.953. The van der Waals surface area contributed by atoms with Crippen LogP contribution in [0.2, 0.25) is 10.0 Å². The molecule has 0 fully saturated rings. The van der Waals surface area contributed by atoms with Crippen molar-refractivity contribution >= 4 is 40.8 Å². The molecule has 0 aliphatic heterocycles. The van der Waals surface area contributed by atoms with Gasteiger partial charge in [0.05, 0.1) is 22.2 Å². The van der Waals surface area contributed by atoms with Crippen molar-refractivity contribution in [2.24, 2.45) is 0 Å². The van der Waals surface area contributed by atoms with E-state index in [-0.39, 0.29) is 22.2 Å². The molecule has 15 heavy (non-hydrogen) atoms. The predicted octanol–water partition coefficient (Wildman–Crippen LogP) is 3.91. The van der Waals surface area contributed by atoms with Crippen molar-refractivity contribution in [3.63, 3.8) is 0 Å². The molecule has 1 aromatic carbocycles. The first kappa shape index (κ1) is 12.6. The quantitative estimate of drug-likeness (QED) is 0.613. The number of alkyl halides is 1. The van der Waals surface area contributed by atoms with Gasteiger partial charge in [-0.2, -0.15) is 0 Å². The lowest BCUT2D eigenvalue weighted by atomic mass is 10.1. The summed E-state index contributed by atoms with van der Waals surface area (Å²) in [6.07, 6.45) is 0. The molecule has 1 rings (SSSR count). The van der Waals surface area contributed by atoms with Gasteiger partial charge in [-0.05, 0) is 24.6 Å². The summed E-state index contributed by atoms with van der Waals surface area (Å²) in [5, 5.41) is 0.521. The highest BCUT2D eigenvalue weighted by molar-refractivity contribution is 6.39. The lowest BCUT2D eigenvalue weighted by molar-refractivity contribution is 0.0527. The van der Waals surface area contributed by atoms with Crippen LogP contribution in [0, 0.1) is 0 Å². The predicted molar refractivity (Wildman–Crippen MR) is 62.0 cm³/mol. The number of hydrogen-bond acceptors (Lipinski definition) is 2. The van der Waals surface area contributed by atoms with E-state index in [4.69, 9.17) is 39.5 Å². The Bertz CT molecular complexity index is 354. The van der Waals surface area contributed by atoms with Crippen LogP contribution < -0.4 is 0 Å². The van der Waals surface area contributed by atoms with Gasteiger partial charge in [0.25, 0.3) is 0 Å². The van der Waals surface area contributed by atoms with Crippen molar-refractivity contribution < 1.29 is 9.53 Å². The lowest BCUT2D eigenvalue weighted by Gasteiger charge is -2.07. The van der Waals surface area contributed by atoms with E-state index >= 15 is 0 Å². The molecule has 0 aromatic heterocycles. The van der Waals surface area contributed by atoms with Crippen LogP contribution in [0.4, 0.5) is 0 Å². The van der Waals surface area contributed by atoms with Crippen LogP contribution in [0.25, 0.3) is 0 Å². The highest BCUT2D eigenvalue weighted by Crippen LogP contribution is 2.28. The molecule has 0 amide bonds. The van der Waals surface area contributed by atoms with Crippen molar-refractivity contribution in [1.82, 2.24) is 0 Å². The molecule has 0 bridgehead atoms. The molecule has 0 spiro atoms. The molecule has 82 valence electrons. The Morgan fingerprint density at radius 1 is 1.33 bits per heavy atom. The van der Waals surface area contributed by atoms with Gasteiger partial charge in [0, 0.05) is 5.88 Å². The molecular formula is C10H9Cl3O2. The van der Waals surface area contributed by atoms with Gasteiger partial charge in [0.2, 0.25) is 0 Å². The van der Waals surface area contributed by atoms with Crippen molar-refractivity contribution in [3.8, 4) is 0 Å². The van der Waals surface area contributed by atoms with Crippen LogP contribution >= 0.6 is 34.8 Å². The SMILES string of the molecule is CCOC(=O)c1c(Cl)cc(CCl)cc1Cl. The second-order valence-corrected chi connectivity index (χ2v) is 3.87. The second kappa shape index (κ2) is 5.59. The molecule has 0 saturated heterocycles. The third-order valence-corrected chi connectivity index (χ3v) is 2.64. The van der Waals surface area contributed by atoms with E-state index in [2.05, 4.69) is 0 Å². The molecule has 2 nitrogen and oxygen atoms in total. The van der Waals surface area contributed by atoms with Crippen LogP contribution in [-0.4, -0.2) is 12.6 Å². The molecule has 5 heteroatoms. The second-order valence-electron chi connectivity index (χ2n) is 2.79. The average Bonchev–Trinajstić information content (AvgIpc) is 2.16. The zero-order valence-corrected chi connectivity index (χ0v) is 10.3. The Balaban J connectivity index is 3.13. The van der Waals surface area contributed by atoms with E-state index in [0.29, 0.717) is 5.88 Å². The van der Waals surface area contributed by atoms with Crippen molar-refractivity contribution in [2.45, 2.75) is 12.8 Å². The number of halogens is 3. The van der Waals surface area contributed by atoms with Gasteiger partial charge in [-0.3, -0.25) is 0 Å². The smallest absolute Gasteiger partial charge is 0.341 e. The summed E-state index contributed by atoms with van der Waals surface area (Å²) in [6, 6.07) is 3.21. The largest absolute Gasteiger partial charge is 0.462 e. The maximum absolute atomic E-state index is 11.5. The number of benzene rings is 1. The maximum atomic E-state index is 11.5. The van der Waals surface area contributed by atoms with Crippen molar-refractivity contribution in [1.29, 1.82) is 0 Å². The normalized spacial score (nSPS) is 10.1. The van der Waals surface area contributed by atoms with Crippen LogP contribution in [0.5, 0.6) is 0 Å². The molecule has 1 aromatic rings. The Kier molecular flexibility index (Phi) is 4.71. The summed E-state index contributed by atoms with van der Waals surface area (Å²) in [7, 11) is 0. The zero-order chi connectivity index (χ0) is 11.4. The fourth-order valence-corrected chi connectivity index (χ4v) is 1.94. The van der Waals surface area contributed by atoms with Gasteiger partial charge in [-0.25, -0.2) is 4.79 Å². The zero-order valence-electron chi connectivity index (χ0n) is 8.02. The van der Waals surface area contributed by atoms with E-state index in [0.717, 1.165) is 5.56 Å². The first-order valence-electron chi connectivity index (χ1n) is 4.31. The van der Waals surface area contributed by atoms with E-state index in [1.807, 2.05) is 0 Å². The van der Waals surface area contributed by atoms with Crippen LogP contribution in [0.1, 0.15) is 22.8 Å². The fraction of sp³-hybridized carbons (Fsp3) is 0.300. The van der Waals surface area contributed by atoms with Gasteiger partial charge in [-0.15, -0.1) is 11.6 Å². The van der Waals surface area contributed by atoms with Crippen molar-refractivity contribution in [2.75, 3.05) is 6.61 Å². The summed E-state index contributed by atoms with van der Waals surface area (Å²) in [4.78, 5) is 11.5. The molecule has 0 atom stereocenters. The van der Waals surface area contributed by atoms with Crippen LogP contribution in [0.15, 0.2) is 12.1 Å². The van der Waals surface area contributed by atoms with Gasteiger partial charge in [-0.1, -0.05) is 23.2 Å². The minimum atomic E-state index is -0.520. The topological polar surface area (TPSA) is 26.3 Å². The number of esters is 1. The number of hydrogen-bond donors (Lipinski definition) is 0. The number of carbonyl (C=O) groups is 1. The number of carbonyl (C=O) groups excluding carboxylic acids is 1. The summed E-state index contributed by atoms with van der Waals surface area (Å²) in [5.74, 6) is -0.226. The minimum Gasteiger partial charge on any atom is -0.462 e. The molecule has 0 aliphatic rings. The van der Waals surface area contributed by atoms with E-state index in [1.165, 1.54) is 0 Å². The molecule has 0 aliphatic carbocycles.